The number of sulfone groups is 1. The van der Waals surface area contributed by atoms with Gasteiger partial charge in [0.15, 0.2) is 15.6 Å². The minimum Gasteiger partial charge on any atom is -0.302 e. The lowest BCUT2D eigenvalue weighted by molar-refractivity contribution is -0.109. The average Bonchev–Trinajstić information content (AvgIpc) is 2.89. The SMILES string of the molecule is CC1(c2ccc(C(=O)c3ccccc3)cc2Sc2ccccc2)C=CC(S(=O)(=O)C(C)(C)C=O)=CC1. The lowest BCUT2D eigenvalue weighted by Crippen LogP contribution is -2.35. The molecule has 0 N–H and O–H groups in total. The number of rotatable bonds is 8. The number of ketones is 1. The van der Waals surface area contributed by atoms with Gasteiger partial charge in [-0.25, -0.2) is 8.42 Å². The Hall–Kier alpha value is -3.22. The molecular formula is C30H28O4S2. The molecule has 1 aliphatic carbocycles. The van der Waals surface area contributed by atoms with Gasteiger partial charge in [0.1, 0.15) is 11.0 Å². The van der Waals surface area contributed by atoms with Crippen molar-refractivity contribution in [3.05, 3.63) is 119 Å². The number of benzene rings is 3. The fourth-order valence-electron chi connectivity index (χ4n) is 4.07. The third-order valence-corrected chi connectivity index (χ3v) is 9.97. The van der Waals surface area contributed by atoms with Gasteiger partial charge in [-0.15, -0.1) is 0 Å². The molecule has 4 nitrogen and oxygen atoms in total. The highest BCUT2D eigenvalue weighted by Gasteiger charge is 2.38. The van der Waals surface area contributed by atoms with E-state index in [-0.39, 0.29) is 10.7 Å². The summed E-state index contributed by atoms with van der Waals surface area (Å²) in [6.07, 6.45) is 6.11. The number of hydrogen-bond donors (Lipinski definition) is 0. The highest BCUT2D eigenvalue weighted by molar-refractivity contribution is 7.99. The van der Waals surface area contributed by atoms with E-state index in [1.807, 2.05) is 72.8 Å². The smallest absolute Gasteiger partial charge is 0.193 e. The highest BCUT2D eigenvalue weighted by Crippen LogP contribution is 2.43. The first-order chi connectivity index (χ1) is 17.1. The lowest BCUT2D eigenvalue weighted by atomic mass is 9.77. The van der Waals surface area contributed by atoms with Gasteiger partial charge in [0.2, 0.25) is 0 Å². The van der Waals surface area contributed by atoms with Gasteiger partial charge in [0.05, 0.1) is 4.91 Å². The predicted molar refractivity (Wildman–Crippen MR) is 145 cm³/mol. The van der Waals surface area contributed by atoms with E-state index >= 15 is 0 Å². The van der Waals surface area contributed by atoms with E-state index < -0.39 is 20.0 Å². The van der Waals surface area contributed by atoms with Crippen molar-refractivity contribution in [1.82, 2.24) is 0 Å². The second-order valence-electron chi connectivity index (χ2n) is 9.61. The molecule has 184 valence electrons. The fourth-order valence-corrected chi connectivity index (χ4v) is 6.50. The van der Waals surface area contributed by atoms with Gasteiger partial charge in [-0.3, -0.25) is 4.79 Å². The summed E-state index contributed by atoms with van der Waals surface area (Å²) in [7, 11) is -3.79. The van der Waals surface area contributed by atoms with Gasteiger partial charge in [-0.2, -0.15) is 0 Å². The summed E-state index contributed by atoms with van der Waals surface area (Å²) in [5.74, 6) is -0.0502. The minimum atomic E-state index is -3.79. The molecular weight excluding hydrogens is 488 g/mol. The molecule has 3 aromatic rings. The molecule has 0 aromatic heterocycles. The quantitative estimate of drug-likeness (QED) is 0.250. The van der Waals surface area contributed by atoms with E-state index in [0.29, 0.717) is 23.8 Å². The van der Waals surface area contributed by atoms with Crippen LogP contribution >= 0.6 is 11.8 Å². The van der Waals surface area contributed by atoms with Crippen molar-refractivity contribution in [2.24, 2.45) is 0 Å². The zero-order chi connectivity index (χ0) is 26.0. The Bertz CT molecular complexity index is 1450. The van der Waals surface area contributed by atoms with E-state index in [4.69, 9.17) is 0 Å². The molecule has 0 saturated heterocycles. The van der Waals surface area contributed by atoms with Gasteiger partial charge in [0, 0.05) is 26.3 Å². The van der Waals surface area contributed by atoms with E-state index in [9.17, 15) is 18.0 Å². The molecule has 1 aliphatic rings. The van der Waals surface area contributed by atoms with Crippen LogP contribution in [0.1, 0.15) is 48.7 Å². The van der Waals surface area contributed by atoms with E-state index in [0.717, 1.165) is 15.4 Å². The number of carbonyl (C=O) groups excluding carboxylic acids is 2. The van der Waals surface area contributed by atoms with Crippen molar-refractivity contribution in [3.63, 3.8) is 0 Å². The van der Waals surface area contributed by atoms with E-state index in [1.54, 1.807) is 36.0 Å². The second kappa shape index (κ2) is 10.0. The summed E-state index contributed by atoms with van der Waals surface area (Å²) in [5, 5.41) is 0. The van der Waals surface area contributed by atoms with Crippen LogP contribution in [0.15, 0.2) is 112 Å². The van der Waals surface area contributed by atoms with Crippen molar-refractivity contribution in [1.29, 1.82) is 0 Å². The van der Waals surface area contributed by atoms with Crippen LogP contribution in [0.5, 0.6) is 0 Å². The normalized spacial score (nSPS) is 17.9. The Kier molecular flexibility index (Phi) is 7.21. The fraction of sp³-hybridized carbons (Fsp3) is 0.200. The summed E-state index contributed by atoms with van der Waals surface area (Å²) in [6.45, 7) is 4.88. The van der Waals surface area contributed by atoms with Crippen molar-refractivity contribution in [3.8, 4) is 0 Å². The topological polar surface area (TPSA) is 68.3 Å². The Balaban J connectivity index is 1.74. The average molecular weight is 517 g/mol. The van der Waals surface area contributed by atoms with Crippen molar-refractivity contribution >= 4 is 33.7 Å². The van der Waals surface area contributed by atoms with Gasteiger partial charge < -0.3 is 4.79 Å². The Labute approximate surface area is 217 Å². The summed E-state index contributed by atoms with van der Waals surface area (Å²) >= 11 is 1.58. The molecule has 6 heteroatoms. The van der Waals surface area contributed by atoms with Crippen LogP contribution in [0.4, 0.5) is 0 Å². The maximum atomic E-state index is 13.2. The molecule has 0 fully saturated rings. The molecule has 3 aromatic carbocycles. The van der Waals surface area contributed by atoms with Gasteiger partial charge in [0.25, 0.3) is 0 Å². The summed E-state index contributed by atoms with van der Waals surface area (Å²) in [5.41, 5.74) is 1.73. The first-order valence-corrected chi connectivity index (χ1v) is 13.9. The summed E-state index contributed by atoms with van der Waals surface area (Å²) in [6, 6.07) is 24.8. The minimum absolute atomic E-state index is 0.0502. The van der Waals surface area contributed by atoms with Crippen molar-refractivity contribution < 1.29 is 18.0 Å². The Morgan fingerprint density at radius 1 is 0.944 bits per heavy atom. The maximum absolute atomic E-state index is 13.2. The van der Waals surface area contributed by atoms with E-state index in [1.165, 1.54) is 13.8 Å². The monoisotopic (exact) mass is 516 g/mol. The van der Waals surface area contributed by atoms with Crippen LogP contribution in [-0.4, -0.2) is 25.2 Å². The van der Waals surface area contributed by atoms with E-state index in [2.05, 4.69) is 6.92 Å². The molecule has 0 radical (unpaired) electrons. The van der Waals surface area contributed by atoms with Crippen molar-refractivity contribution in [2.45, 2.75) is 47.1 Å². The largest absolute Gasteiger partial charge is 0.302 e. The number of aldehydes is 1. The summed E-state index contributed by atoms with van der Waals surface area (Å²) < 4.78 is 24.4. The zero-order valence-electron chi connectivity index (χ0n) is 20.5. The molecule has 0 bridgehead atoms. The first kappa shape index (κ1) is 25.9. The van der Waals surface area contributed by atoms with Crippen LogP contribution in [-0.2, 0) is 20.0 Å². The van der Waals surface area contributed by atoms with Crippen LogP contribution in [0.25, 0.3) is 0 Å². The Morgan fingerprint density at radius 3 is 2.17 bits per heavy atom. The lowest BCUT2D eigenvalue weighted by Gasteiger charge is -2.31. The zero-order valence-corrected chi connectivity index (χ0v) is 22.1. The Morgan fingerprint density at radius 2 is 1.58 bits per heavy atom. The molecule has 1 atom stereocenters. The molecule has 0 amide bonds. The number of allylic oxidation sites excluding steroid dienone is 3. The summed E-state index contributed by atoms with van der Waals surface area (Å²) in [4.78, 5) is 26.7. The standard InChI is InChI=1S/C30H28O4S2/c1-29(2,21-31)36(33,34)25-16-18-30(3,19-17-25)26-15-14-23(28(32)22-10-6-4-7-11-22)20-27(26)35-24-12-8-5-9-13-24/h4-18,20-21H,19H2,1-3H3. The maximum Gasteiger partial charge on any atom is 0.193 e. The van der Waals surface area contributed by atoms with Gasteiger partial charge in [-0.05, 0) is 50.1 Å². The van der Waals surface area contributed by atoms with Crippen LogP contribution in [0, 0.1) is 0 Å². The predicted octanol–water partition coefficient (Wildman–Crippen LogP) is 6.56. The molecule has 0 saturated carbocycles. The second-order valence-corrected chi connectivity index (χ2v) is 13.3. The van der Waals surface area contributed by atoms with Crippen LogP contribution in [0.2, 0.25) is 0 Å². The number of carbonyl (C=O) groups is 2. The molecule has 0 aliphatic heterocycles. The van der Waals surface area contributed by atoms with Crippen LogP contribution < -0.4 is 0 Å². The van der Waals surface area contributed by atoms with Crippen LogP contribution in [0.3, 0.4) is 0 Å². The molecule has 0 spiro atoms. The molecule has 1 unspecified atom stereocenters. The molecule has 0 heterocycles. The third kappa shape index (κ3) is 5.01. The van der Waals surface area contributed by atoms with Gasteiger partial charge >= 0.3 is 0 Å². The first-order valence-electron chi connectivity index (χ1n) is 11.6. The molecule has 36 heavy (non-hydrogen) atoms. The highest BCUT2D eigenvalue weighted by atomic mass is 32.2. The molecule has 4 rings (SSSR count). The third-order valence-electron chi connectivity index (χ3n) is 6.50. The number of hydrogen-bond acceptors (Lipinski definition) is 5. The van der Waals surface area contributed by atoms with Crippen molar-refractivity contribution in [2.75, 3.05) is 0 Å². The van der Waals surface area contributed by atoms with Gasteiger partial charge in [-0.1, -0.05) is 91.5 Å².